The van der Waals surface area contributed by atoms with Gasteiger partial charge in [0.2, 0.25) is 0 Å². The zero-order valence-corrected chi connectivity index (χ0v) is 16.5. The number of anilines is 1. The number of aliphatic hydroxyl groups is 1. The van der Waals surface area contributed by atoms with Crippen LogP contribution in [0.15, 0.2) is 59.0 Å². The highest BCUT2D eigenvalue weighted by Crippen LogP contribution is 2.32. The van der Waals surface area contributed by atoms with Crippen molar-refractivity contribution in [3.63, 3.8) is 0 Å². The molecule has 0 fully saturated rings. The van der Waals surface area contributed by atoms with Crippen LogP contribution in [0, 0.1) is 5.92 Å². The van der Waals surface area contributed by atoms with Crippen LogP contribution < -0.4 is 10.1 Å². The molecule has 0 saturated carbocycles. The summed E-state index contributed by atoms with van der Waals surface area (Å²) in [6.07, 6.45) is 0. The number of nitrogens with one attached hydrogen (secondary N) is 1. The first-order valence-electron chi connectivity index (χ1n) is 9.00. The van der Waals surface area contributed by atoms with Crippen molar-refractivity contribution in [1.82, 2.24) is 0 Å². The van der Waals surface area contributed by atoms with Crippen molar-refractivity contribution >= 4 is 23.2 Å². The minimum atomic E-state index is -0.251. The highest BCUT2D eigenvalue weighted by atomic mass is 35.5. The molecule has 1 heterocycles. The topological polar surface area (TPSA) is 71.7 Å². The van der Waals surface area contributed by atoms with E-state index in [1.165, 1.54) is 0 Å². The van der Waals surface area contributed by atoms with E-state index in [0.717, 1.165) is 0 Å². The summed E-state index contributed by atoms with van der Waals surface area (Å²) in [6, 6.07) is 15.7. The first kappa shape index (κ1) is 20.0. The third-order valence-corrected chi connectivity index (χ3v) is 4.30. The van der Waals surface area contributed by atoms with E-state index in [1.54, 1.807) is 48.5 Å². The number of carbonyl (C=O) groups excluding carboxylic acids is 1. The molecule has 146 valence electrons. The summed E-state index contributed by atoms with van der Waals surface area (Å²) in [4.78, 5) is 12.6. The zero-order chi connectivity index (χ0) is 20.1. The standard InChI is InChI=1S/C22H22ClNO4/c1-14(2)13-27-17-5-3-4-15(10-17)22(26)24-16-6-8-19(20(23)11-16)21-9-7-18(12-25)28-21/h3-11,14,25H,12-13H2,1-2H3,(H,24,26). The molecule has 0 atom stereocenters. The summed E-state index contributed by atoms with van der Waals surface area (Å²) in [6.45, 7) is 4.55. The molecule has 1 aromatic heterocycles. The largest absolute Gasteiger partial charge is 0.493 e. The molecule has 0 aliphatic rings. The molecule has 6 heteroatoms. The summed E-state index contributed by atoms with van der Waals surface area (Å²) in [7, 11) is 0. The van der Waals surface area contributed by atoms with Crippen molar-refractivity contribution in [2.75, 3.05) is 11.9 Å². The van der Waals surface area contributed by atoms with E-state index in [1.807, 2.05) is 6.07 Å². The average molecular weight is 400 g/mol. The molecule has 0 aliphatic heterocycles. The van der Waals surface area contributed by atoms with Gasteiger partial charge in [0.25, 0.3) is 5.91 Å². The van der Waals surface area contributed by atoms with E-state index in [4.69, 9.17) is 25.9 Å². The first-order chi connectivity index (χ1) is 13.5. The van der Waals surface area contributed by atoms with Gasteiger partial charge in [0.1, 0.15) is 23.9 Å². The van der Waals surface area contributed by atoms with Crippen molar-refractivity contribution in [3.8, 4) is 17.1 Å². The Labute approximate surface area is 168 Å². The molecule has 1 amide bonds. The molecular weight excluding hydrogens is 378 g/mol. The van der Waals surface area contributed by atoms with Crippen LogP contribution in [0.5, 0.6) is 5.75 Å². The van der Waals surface area contributed by atoms with Crippen molar-refractivity contribution in [2.45, 2.75) is 20.5 Å². The fraction of sp³-hybridized carbons (Fsp3) is 0.227. The smallest absolute Gasteiger partial charge is 0.255 e. The minimum absolute atomic E-state index is 0.175. The Morgan fingerprint density at radius 2 is 2.00 bits per heavy atom. The fourth-order valence-electron chi connectivity index (χ4n) is 2.59. The predicted octanol–water partition coefficient (Wildman–Crippen LogP) is 5.38. The molecule has 3 rings (SSSR count). The minimum Gasteiger partial charge on any atom is -0.493 e. The van der Waals surface area contributed by atoms with Crippen LogP contribution in [-0.4, -0.2) is 17.6 Å². The Balaban J connectivity index is 1.72. The number of carbonyl (C=O) groups is 1. The highest BCUT2D eigenvalue weighted by molar-refractivity contribution is 6.33. The van der Waals surface area contributed by atoms with Gasteiger partial charge in [0.15, 0.2) is 0 Å². The van der Waals surface area contributed by atoms with Crippen LogP contribution in [0.1, 0.15) is 30.0 Å². The number of halogens is 1. The lowest BCUT2D eigenvalue weighted by molar-refractivity contribution is 0.102. The lowest BCUT2D eigenvalue weighted by Crippen LogP contribution is -2.12. The lowest BCUT2D eigenvalue weighted by Gasteiger charge is -2.11. The number of hydrogen-bond acceptors (Lipinski definition) is 4. The molecule has 3 aromatic rings. The Morgan fingerprint density at radius 1 is 1.18 bits per heavy atom. The number of rotatable bonds is 7. The van der Waals surface area contributed by atoms with Crippen LogP contribution in [0.2, 0.25) is 5.02 Å². The average Bonchev–Trinajstić information content (AvgIpc) is 3.15. The molecule has 2 N–H and O–H groups in total. The van der Waals surface area contributed by atoms with Gasteiger partial charge in [0, 0.05) is 16.8 Å². The molecule has 0 bridgehead atoms. The van der Waals surface area contributed by atoms with E-state index in [0.29, 0.717) is 51.6 Å². The monoisotopic (exact) mass is 399 g/mol. The maximum absolute atomic E-state index is 12.6. The Morgan fingerprint density at radius 3 is 2.68 bits per heavy atom. The van der Waals surface area contributed by atoms with Crippen LogP contribution in [-0.2, 0) is 6.61 Å². The molecule has 5 nitrogen and oxygen atoms in total. The number of furan rings is 1. The molecule has 0 radical (unpaired) electrons. The van der Waals surface area contributed by atoms with Crippen molar-refractivity contribution in [3.05, 3.63) is 70.9 Å². The second-order valence-corrected chi connectivity index (χ2v) is 7.21. The van der Waals surface area contributed by atoms with Gasteiger partial charge in [-0.25, -0.2) is 0 Å². The second kappa shape index (κ2) is 8.95. The van der Waals surface area contributed by atoms with Gasteiger partial charge in [-0.3, -0.25) is 4.79 Å². The third kappa shape index (κ3) is 4.94. The molecule has 0 aliphatic carbocycles. The van der Waals surface area contributed by atoms with Crippen molar-refractivity contribution in [2.24, 2.45) is 5.92 Å². The summed E-state index contributed by atoms with van der Waals surface area (Å²) in [5, 5.41) is 12.4. The van der Waals surface area contributed by atoms with Crippen LogP contribution in [0.4, 0.5) is 5.69 Å². The van der Waals surface area contributed by atoms with Crippen LogP contribution >= 0.6 is 11.6 Å². The quantitative estimate of drug-likeness (QED) is 0.559. The van der Waals surface area contributed by atoms with E-state index < -0.39 is 0 Å². The summed E-state index contributed by atoms with van der Waals surface area (Å²) in [5.41, 5.74) is 1.75. The summed E-state index contributed by atoms with van der Waals surface area (Å²) >= 11 is 6.35. The Kier molecular flexibility index (Phi) is 6.39. The van der Waals surface area contributed by atoms with Crippen LogP contribution in [0.3, 0.4) is 0 Å². The molecular formula is C22H22ClNO4. The zero-order valence-electron chi connectivity index (χ0n) is 15.7. The SMILES string of the molecule is CC(C)COc1cccc(C(=O)Nc2ccc(-c3ccc(CO)o3)c(Cl)c2)c1. The van der Waals surface area contributed by atoms with Gasteiger partial charge in [-0.2, -0.15) is 0 Å². The molecule has 0 spiro atoms. The van der Waals surface area contributed by atoms with E-state index in [9.17, 15) is 4.79 Å². The Hall–Kier alpha value is -2.76. The van der Waals surface area contributed by atoms with Gasteiger partial charge >= 0.3 is 0 Å². The van der Waals surface area contributed by atoms with Crippen molar-refractivity contribution < 1.29 is 19.1 Å². The lowest BCUT2D eigenvalue weighted by atomic mass is 10.1. The molecule has 0 saturated heterocycles. The van der Waals surface area contributed by atoms with E-state index >= 15 is 0 Å². The van der Waals surface area contributed by atoms with Gasteiger partial charge < -0.3 is 19.6 Å². The normalized spacial score (nSPS) is 10.9. The van der Waals surface area contributed by atoms with Gasteiger partial charge in [0.05, 0.1) is 11.6 Å². The number of benzene rings is 2. The van der Waals surface area contributed by atoms with E-state index in [-0.39, 0.29) is 12.5 Å². The number of aliphatic hydroxyl groups excluding tert-OH is 1. The van der Waals surface area contributed by atoms with Gasteiger partial charge in [-0.05, 0) is 54.4 Å². The first-order valence-corrected chi connectivity index (χ1v) is 9.37. The maximum Gasteiger partial charge on any atom is 0.255 e. The van der Waals surface area contributed by atoms with Gasteiger partial charge in [-0.1, -0.05) is 31.5 Å². The summed E-state index contributed by atoms with van der Waals surface area (Å²) < 4.78 is 11.2. The Bertz CT molecular complexity index is 965. The van der Waals surface area contributed by atoms with Gasteiger partial charge in [-0.15, -0.1) is 0 Å². The van der Waals surface area contributed by atoms with E-state index in [2.05, 4.69) is 19.2 Å². The third-order valence-electron chi connectivity index (χ3n) is 3.99. The number of ether oxygens (including phenoxy) is 1. The van der Waals surface area contributed by atoms with Crippen LogP contribution in [0.25, 0.3) is 11.3 Å². The second-order valence-electron chi connectivity index (χ2n) is 6.81. The number of amides is 1. The summed E-state index contributed by atoms with van der Waals surface area (Å²) in [5.74, 6) is 1.83. The maximum atomic E-state index is 12.6. The molecule has 0 unspecified atom stereocenters. The number of hydrogen-bond donors (Lipinski definition) is 2. The molecule has 28 heavy (non-hydrogen) atoms. The van der Waals surface area contributed by atoms with Crippen molar-refractivity contribution in [1.29, 1.82) is 0 Å². The predicted molar refractivity (Wildman–Crippen MR) is 110 cm³/mol. The fourth-order valence-corrected chi connectivity index (χ4v) is 2.87. The molecule has 2 aromatic carbocycles. The highest BCUT2D eigenvalue weighted by Gasteiger charge is 2.12.